The van der Waals surface area contributed by atoms with E-state index < -0.39 is 5.82 Å². The van der Waals surface area contributed by atoms with Gasteiger partial charge >= 0.3 is 5.69 Å². The highest BCUT2D eigenvalue weighted by Crippen LogP contribution is 2.29. The molecule has 0 saturated carbocycles. The van der Waals surface area contributed by atoms with Crippen molar-refractivity contribution in [1.82, 2.24) is 14.5 Å². The summed E-state index contributed by atoms with van der Waals surface area (Å²) >= 11 is 1.21. The number of rotatable bonds is 6. The number of pyridine rings is 1. The first kappa shape index (κ1) is 19.3. The van der Waals surface area contributed by atoms with Crippen LogP contribution >= 0.6 is 11.8 Å². The third-order valence-electron chi connectivity index (χ3n) is 4.73. The first-order valence-corrected chi connectivity index (χ1v) is 10.3. The molecule has 6 nitrogen and oxygen atoms in total. The number of fused-ring (bicyclic) bond motifs is 1. The maximum Gasteiger partial charge on any atom is 0.349 e. The summed E-state index contributed by atoms with van der Waals surface area (Å²) in [5.41, 5.74) is 2.59. The lowest BCUT2D eigenvalue weighted by atomic mass is 10.2. The smallest absolute Gasteiger partial charge is 0.323 e. The number of nitrogens with zero attached hydrogens (tertiary/aromatic N) is 3. The molecule has 3 aromatic rings. The van der Waals surface area contributed by atoms with Gasteiger partial charge in [-0.3, -0.25) is 14.3 Å². The molecule has 0 fully saturated rings. The monoisotopic (exact) mass is 410 g/mol. The molecule has 0 aliphatic heterocycles. The second-order valence-corrected chi connectivity index (χ2v) is 7.67. The van der Waals surface area contributed by atoms with Gasteiger partial charge in [0, 0.05) is 17.5 Å². The van der Waals surface area contributed by atoms with Crippen LogP contribution in [0.2, 0.25) is 0 Å². The molecule has 1 aliphatic carbocycles. The fraction of sp³-hybridized carbons (Fsp3) is 0.238. The van der Waals surface area contributed by atoms with E-state index in [0.29, 0.717) is 11.6 Å². The van der Waals surface area contributed by atoms with Crippen LogP contribution in [0.25, 0.3) is 0 Å². The van der Waals surface area contributed by atoms with E-state index in [9.17, 15) is 14.0 Å². The molecule has 2 heterocycles. The molecule has 0 bridgehead atoms. The fourth-order valence-corrected chi connectivity index (χ4v) is 4.28. The molecule has 1 amide bonds. The first-order chi connectivity index (χ1) is 14.1. The van der Waals surface area contributed by atoms with Gasteiger partial charge in [0.05, 0.1) is 23.7 Å². The summed E-state index contributed by atoms with van der Waals surface area (Å²) in [6.07, 6.45) is 4.26. The Kier molecular flexibility index (Phi) is 5.71. The number of para-hydroxylation sites is 1. The minimum atomic E-state index is -0.484. The van der Waals surface area contributed by atoms with E-state index in [0.717, 1.165) is 36.2 Å². The molecule has 0 spiro atoms. The average Bonchev–Trinajstić information content (AvgIpc) is 3.21. The van der Waals surface area contributed by atoms with Gasteiger partial charge < -0.3 is 5.32 Å². The fourth-order valence-electron chi connectivity index (χ4n) is 3.41. The molecule has 8 heteroatoms. The largest absolute Gasteiger partial charge is 0.349 e. The van der Waals surface area contributed by atoms with Gasteiger partial charge in [0.1, 0.15) is 10.8 Å². The number of carbonyl (C=O) groups excluding carboxylic acids is 1. The Labute approximate surface area is 171 Å². The van der Waals surface area contributed by atoms with E-state index in [4.69, 9.17) is 0 Å². The molecular weight excluding hydrogens is 391 g/mol. The van der Waals surface area contributed by atoms with Crippen molar-refractivity contribution < 1.29 is 9.18 Å². The van der Waals surface area contributed by atoms with Crippen LogP contribution in [0, 0.1) is 5.82 Å². The summed E-state index contributed by atoms with van der Waals surface area (Å²) in [4.78, 5) is 33.4. The van der Waals surface area contributed by atoms with Gasteiger partial charge in [-0.25, -0.2) is 9.18 Å². The van der Waals surface area contributed by atoms with Crippen molar-refractivity contribution in [1.29, 1.82) is 0 Å². The van der Waals surface area contributed by atoms with Crippen LogP contribution in [0.3, 0.4) is 0 Å². The molecule has 0 radical (unpaired) electrons. The van der Waals surface area contributed by atoms with Crippen LogP contribution in [-0.4, -0.2) is 26.2 Å². The van der Waals surface area contributed by atoms with E-state index in [1.165, 1.54) is 23.9 Å². The predicted octanol–water partition coefficient (Wildman–Crippen LogP) is 3.05. The lowest BCUT2D eigenvalue weighted by molar-refractivity contribution is -0.113. The Morgan fingerprint density at radius 3 is 2.79 bits per heavy atom. The lowest BCUT2D eigenvalue weighted by Crippen LogP contribution is -2.28. The van der Waals surface area contributed by atoms with Crippen molar-refractivity contribution in [2.45, 2.75) is 30.8 Å². The number of anilines is 1. The number of amides is 1. The van der Waals surface area contributed by atoms with Crippen molar-refractivity contribution in [3.63, 3.8) is 0 Å². The third-order valence-corrected chi connectivity index (χ3v) is 5.75. The zero-order valence-corrected chi connectivity index (χ0v) is 16.4. The third kappa shape index (κ3) is 4.37. The average molecular weight is 410 g/mol. The molecule has 4 rings (SSSR count). The van der Waals surface area contributed by atoms with Crippen molar-refractivity contribution in [2.75, 3.05) is 11.1 Å². The second-order valence-electron chi connectivity index (χ2n) is 6.70. The molecule has 1 aromatic carbocycles. The molecule has 0 atom stereocenters. The lowest BCUT2D eigenvalue weighted by Gasteiger charge is -2.14. The summed E-state index contributed by atoms with van der Waals surface area (Å²) in [5, 5.41) is 3.14. The van der Waals surface area contributed by atoms with Crippen LogP contribution in [0.1, 0.15) is 23.4 Å². The van der Waals surface area contributed by atoms with E-state index in [2.05, 4.69) is 15.3 Å². The van der Waals surface area contributed by atoms with Gasteiger partial charge in [0.25, 0.3) is 0 Å². The van der Waals surface area contributed by atoms with Crippen LogP contribution in [-0.2, 0) is 24.2 Å². The van der Waals surface area contributed by atoms with Crippen LogP contribution < -0.4 is 11.0 Å². The molecule has 148 valence electrons. The number of hydrogen-bond donors (Lipinski definition) is 1. The van der Waals surface area contributed by atoms with Crippen LogP contribution in [0.4, 0.5) is 10.1 Å². The minimum Gasteiger partial charge on any atom is -0.323 e. The van der Waals surface area contributed by atoms with Gasteiger partial charge in [-0.05, 0) is 43.5 Å². The summed E-state index contributed by atoms with van der Waals surface area (Å²) in [6.45, 7) is 0.383. The summed E-state index contributed by atoms with van der Waals surface area (Å²) < 4.78 is 15.4. The van der Waals surface area contributed by atoms with Gasteiger partial charge in [0.15, 0.2) is 0 Å². The number of benzene rings is 1. The zero-order valence-electron chi connectivity index (χ0n) is 15.6. The van der Waals surface area contributed by atoms with Crippen LogP contribution in [0.15, 0.2) is 58.5 Å². The summed E-state index contributed by atoms with van der Waals surface area (Å²) in [7, 11) is 0. The normalized spacial score (nSPS) is 12.6. The maximum absolute atomic E-state index is 13.7. The Morgan fingerprint density at radius 1 is 1.17 bits per heavy atom. The Morgan fingerprint density at radius 2 is 2.00 bits per heavy atom. The molecule has 1 N–H and O–H groups in total. The Balaban J connectivity index is 1.51. The van der Waals surface area contributed by atoms with Gasteiger partial charge in [-0.15, -0.1) is 0 Å². The minimum absolute atomic E-state index is 0.0530. The van der Waals surface area contributed by atoms with Crippen molar-refractivity contribution in [3.8, 4) is 0 Å². The summed E-state index contributed by atoms with van der Waals surface area (Å²) in [5.74, 6) is -0.773. The van der Waals surface area contributed by atoms with E-state index in [1.54, 1.807) is 22.9 Å². The second kappa shape index (κ2) is 8.57. The predicted molar refractivity (Wildman–Crippen MR) is 110 cm³/mol. The highest BCUT2D eigenvalue weighted by molar-refractivity contribution is 8.00. The number of thioether (sulfide) groups is 1. The van der Waals surface area contributed by atoms with Gasteiger partial charge in [-0.2, -0.15) is 4.98 Å². The standard InChI is InChI=1S/C21H19FN4O2S/c22-16-8-1-2-9-17(16)24-19(27)13-29-20-15-7-5-10-18(15)26(21(28)25-20)12-14-6-3-4-11-23-14/h1-4,6,8-9,11H,5,7,10,12-13H2,(H,24,27). The molecule has 1 aliphatic rings. The van der Waals surface area contributed by atoms with E-state index >= 15 is 0 Å². The molecule has 29 heavy (non-hydrogen) atoms. The zero-order chi connectivity index (χ0) is 20.2. The van der Waals surface area contributed by atoms with Crippen LogP contribution in [0.5, 0.6) is 0 Å². The highest BCUT2D eigenvalue weighted by atomic mass is 32.2. The number of halogens is 1. The van der Waals surface area contributed by atoms with Crippen molar-refractivity contribution in [3.05, 3.63) is 81.9 Å². The number of nitrogens with one attached hydrogen (secondary N) is 1. The maximum atomic E-state index is 13.7. The Bertz CT molecular complexity index is 1100. The Hall–Kier alpha value is -3.00. The van der Waals surface area contributed by atoms with Crippen molar-refractivity contribution >= 4 is 23.4 Å². The molecule has 0 saturated heterocycles. The van der Waals surface area contributed by atoms with Gasteiger partial charge in [-0.1, -0.05) is 30.0 Å². The number of hydrogen-bond acceptors (Lipinski definition) is 5. The first-order valence-electron chi connectivity index (χ1n) is 9.31. The number of carbonyl (C=O) groups is 1. The molecular formula is C21H19FN4O2S. The summed E-state index contributed by atoms with van der Waals surface area (Å²) in [6, 6.07) is 11.6. The van der Waals surface area contributed by atoms with Crippen molar-refractivity contribution in [2.24, 2.45) is 0 Å². The van der Waals surface area contributed by atoms with E-state index in [1.807, 2.05) is 18.2 Å². The molecule has 0 unspecified atom stereocenters. The highest BCUT2D eigenvalue weighted by Gasteiger charge is 2.23. The number of aromatic nitrogens is 3. The SMILES string of the molecule is O=C(CSc1nc(=O)n(Cc2ccccn2)c2c1CCC2)Nc1ccccc1F. The van der Waals surface area contributed by atoms with E-state index in [-0.39, 0.29) is 23.0 Å². The topological polar surface area (TPSA) is 76.9 Å². The molecule has 2 aromatic heterocycles. The quantitative estimate of drug-likeness (QED) is 0.499. The van der Waals surface area contributed by atoms with Gasteiger partial charge in [0.2, 0.25) is 5.91 Å².